The molecule has 1 amide bonds. The maximum absolute atomic E-state index is 11.6. The Labute approximate surface area is 135 Å². The van der Waals surface area contributed by atoms with Crippen molar-refractivity contribution in [3.63, 3.8) is 0 Å². The summed E-state index contributed by atoms with van der Waals surface area (Å²) in [4.78, 5) is 16.3. The van der Waals surface area contributed by atoms with Crippen molar-refractivity contribution >= 4 is 11.6 Å². The Bertz CT molecular complexity index is 739. The molecular weight excluding hydrogens is 292 g/mol. The fourth-order valence-corrected chi connectivity index (χ4v) is 2.31. The van der Waals surface area contributed by atoms with E-state index in [0.29, 0.717) is 12.2 Å². The number of ether oxygens (including phenoxy) is 1. The van der Waals surface area contributed by atoms with Crippen molar-refractivity contribution in [3.8, 4) is 5.75 Å². The topological polar surface area (TPSA) is 73.9 Å². The summed E-state index contributed by atoms with van der Waals surface area (Å²) in [5.74, 6) is 0.153. The molecular formula is C18H20N2O3. The molecule has 0 spiro atoms. The van der Waals surface area contributed by atoms with Crippen LogP contribution < -0.4 is 10.5 Å². The largest absolute Gasteiger partial charge is 0.489 e. The van der Waals surface area contributed by atoms with Gasteiger partial charge in [-0.25, -0.2) is 0 Å². The van der Waals surface area contributed by atoms with E-state index in [1.54, 1.807) is 6.07 Å². The monoisotopic (exact) mass is 312 g/mol. The third-order valence-corrected chi connectivity index (χ3v) is 3.40. The van der Waals surface area contributed by atoms with Crippen molar-refractivity contribution in [2.45, 2.75) is 20.5 Å². The molecule has 5 heteroatoms. The zero-order valence-corrected chi connectivity index (χ0v) is 13.5. The van der Waals surface area contributed by atoms with E-state index in [2.05, 4.69) is 11.2 Å². The molecule has 0 aliphatic rings. The third kappa shape index (κ3) is 4.10. The standard InChI is InChI=1S/C18H20N2O3/c1-12-8-9-16(13(2)10-12)23-11-14-6-4-5-7-15(14)17(18(19)21)20-22-3/h4-10H,11H2,1-3H3,(H2,19,21). The highest BCUT2D eigenvalue weighted by Crippen LogP contribution is 2.21. The van der Waals surface area contributed by atoms with E-state index in [4.69, 9.17) is 15.3 Å². The lowest BCUT2D eigenvalue weighted by Gasteiger charge is -2.13. The van der Waals surface area contributed by atoms with E-state index < -0.39 is 5.91 Å². The second kappa shape index (κ2) is 7.45. The Kier molecular flexibility index (Phi) is 5.36. The minimum atomic E-state index is -0.647. The zero-order valence-electron chi connectivity index (χ0n) is 13.5. The lowest BCUT2D eigenvalue weighted by atomic mass is 10.0. The zero-order chi connectivity index (χ0) is 16.8. The van der Waals surface area contributed by atoms with Gasteiger partial charge in [-0.3, -0.25) is 4.79 Å². The molecule has 0 radical (unpaired) electrons. The van der Waals surface area contributed by atoms with E-state index in [9.17, 15) is 4.79 Å². The lowest BCUT2D eigenvalue weighted by molar-refractivity contribution is -0.112. The normalized spacial score (nSPS) is 11.2. The summed E-state index contributed by atoms with van der Waals surface area (Å²) in [7, 11) is 1.37. The van der Waals surface area contributed by atoms with Gasteiger partial charge in [0, 0.05) is 5.56 Å². The van der Waals surface area contributed by atoms with Crippen LogP contribution in [-0.2, 0) is 16.2 Å². The first kappa shape index (κ1) is 16.5. The molecule has 5 nitrogen and oxygen atoms in total. The van der Waals surface area contributed by atoms with Gasteiger partial charge in [-0.2, -0.15) is 0 Å². The number of rotatable bonds is 6. The average Bonchev–Trinajstić information content (AvgIpc) is 2.52. The molecule has 2 N–H and O–H groups in total. The molecule has 0 aliphatic carbocycles. The van der Waals surface area contributed by atoms with Gasteiger partial charge in [0.05, 0.1) is 0 Å². The van der Waals surface area contributed by atoms with Crippen LogP contribution in [-0.4, -0.2) is 18.7 Å². The number of aryl methyl sites for hydroxylation is 2. The fraction of sp³-hybridized carbons (Fsp3) is 0.222. The van der Waals surface area contributed by atoms with Gasteiger partial charge in [0.15, 0.2) is 5.71 Å². The summed E-state index contributed by atoms with van der Waals surface area (Å²) in [5.41, 5.74) is 9.11. The fourth-order valence-electron chi connectivity index (χ4n) is 2.31. The van der Waals surface area contributed by atoms with Crippen LogP contribution in [0.2, 0.25) is 0 Å². The molecule has 2 aromatic carbocycles. The molecule has 0 unspecified atom stereocenters. The highest BCUT2D eigenvalue weighted by molar-refractivity contribution is 6.45. The van der Waals surface area contributed by atoms with Gasteiger partial charge in [-0.15, -0.1) is 0 Å². The first-order valence-corrected chi connectivity index (χ1v) is 7.22. The number of nitrogens with two attached hydrogens (primary N) is 1. The van der Waals surface area contributed by atoms with Gasteiger partial charge in [-0.05, 0) is 31.0 Å². The van der Waals surface area contributed by atoms with Crippen molar-refractivity contribution < 1.29 is 14.4 Å². The predicted octanol–water partition coefficient (Wildman–Crippen LogP) is 2.72. The molecule has 0 atom stereocenters. The molecule has 2 aromatic rings. The highest BCUT2D eigenvalue weighted by Gasteiger charge is 2.16. The van der Waals surface area contributed by atoms with Crippen LogP contribution in [0.1, 0.15) is 22.3 Å². The highest BCUT2D eigenvalue weighted by atomic mass is 16.6. The summed E-state index contributed by atoms with van der Waals surface area (Å²) in [6.45, 7) is 4.33. The molecule has 2 rings (SSSR count). The van der Waals surface area contributed by atoms with Crippen LogP contribution in [0.15, 0.2) is 47.6 Å². The average molecular weight is 312 g/mol. The Morgan fingerprint density at radius 2 is 1.91 bits per heavy atom. The van der Waals surface area contributed by atoms with Gasteiger partial charge >= 0.3 is 0 Å². The van der Waals surface area contributed by atoms with Crippen molar-refractivity contribution in [3.05, 3.63) is 64.7 Å². The summed E-state index contributed by atoms with van der Waals surface area (Å²) in [5, 5.41) is 3.73. The molecule has 0 saturated heterocycles. The number of primary amides is 1. The summed E-state index contributed by atoms with van der Waals surface area (Å²) in [6, 6.07) is 13.3. The molecule has 120 valence electrons. The molecule has 0 aliphatic heterocycles. The Hall–Kier alpha value is -2.82. The van der Waals surface area contributed by atoms with E-state index in [-0.39, 0.29) is 5.71 Å². The van der Waals surface area contributed by atoms with Crippen LogP contribution in [0, 0.1) is 13.8 Å². The smallest absolute Gasteiger partial charge is 0.271 e. The van der Waals surface area contributed by atoms with Crippen LogP contribution >= 0.6 is 0 Å². The van der Waals surface area contributed by atoms with Gasteiger partial charge < -0.3 is 15.3 Å². The van der Waals surface area contributed by atoms with E-state index in [1.807, 2.05) is 44.2 Å². The number of hydrogen-bond acceptors (Lipinski definition) is 4. The van der Waals surface area contributed by atoms with Crippen molar-refractivity contribution in [2.24, 2.45) is 10.9 Å². The van der Waals surface area contributed by atoms with Crippen molar-refractivity contribution in [1.29, 1.82) is 0 Å². The second-order valence-electron chi connectivity index (χ2n) is 5.20. The Morgan fingerprint density at radius 1 is 1.17 bits per heavy atom. The summed E-state index contributed by atoms with van der Waals surface area (Å²) in [6.07, 6.45) is 0. The maximum Gasteiger partial charge on any atom is 0.271 e. The van der Waals surface area contributed by atoms with E-state index >= 15 is 0 Å². The van der Waals surface area contributed by atoms with Crippen molar-refractivity contribution in [2.75, 3.05) is 7.11 Å². The molecule has 23 heavy (non-hydrogen) atoms. The first-order chi connectivity index (χ1) is 11.0. The molecule has 0 aromatic heterocycles. The minimum absolute atomic E-state index is 0.0762. The number of carbonyl (C=O) groups is 1. The molecule has 0 saturated carbocycles. The van der Waals surface area contributed by atoms with Crippen LogP contribution in [0.25, 0.3) is 0 Å². The number of amides is 1. The first-order valence-electron chi connectivity index (χ1n) is 7.22. The third-order valence-electron chi connectivity index (χ3n) is 3.40. The number of oxime groups is 1. The maximum atomic E-state index is 11.6. The Balaban J connectivity index is 2.27. The molecule has 0 heterocycles. The quantitative estimate of drug-likeness (QED) is 0.658. The number of hydrogen-bond donors (Lipinski definition) is 1. The minimum Gasteiger partial charge on any atom is -0.489 e. The summed E-state index contributed by atoms with van der Waals surface area (Å²) >= 11 is 0. The van der Waals surface area contributed by atoms with Gasteiger partial charge in [0.1, 0.15) is 19.5 Å². The predicted molar refractivity (Wildman–Crippen MR) is 89.4 cm³/mol. The number of nitrogens with zero attached hydrogens (tertiary/aromatic N) is 1. The van der Waals surface area contributed by atoms with E-state index in [1.165, 1.54) is 12.7 Å². The van der Waals surface area contributed by atoms with E-state index in [0.717, 1.165) is 16.9 Å². The SMILES string of the molecule is CON=C(C(N)=O)c1ccccc1COc1ccc(C)cc1C. The van der Waals surface area contributed by atoms with Crippen LogP contribution in [0.4, 0.5) is 0 Å². The lowest BCUT2D eigenvalue weighted by Crippen LogP contribution is -2.25. The van der Waals surface area contributed by atoms with Crippen molar-refractivity contribution in [1.82, 2.24) is 0 Å². The molecule has 0 fully saturated rings. The number of benzene rings is 2. The van der Waals surface area contributed by atoms with Crippen LogP contribution in [0.3, 0.4) is 0 Å². The second-order valence-corrected chi connectivity index (χ2v) is 5.20. The Morgan fingerprint density at radius 3 is 2.57 bits per heavy atom. The van der Waals surface area contributed by atoms with Crippen LogP contribution in [0.5, 0.6) is 5.75 Å². The van der Waals surface area contributed by atoms with Gasteiger partial charge in [0.2, 0.25) is 0 Å². The summed E-state index contributed by atoms with van der Waals surface area (Å²) < 4.78 is 5.88. The van der Waals surface area contributed by atoms with Gasteiger partial charge in [-0.1, -0.05) is 47.1 Å². The van der Waals surface area contributed by atoms with Gasteiger partial charge in [0.25, 0.3) is 5.91 Å². The molecule has 0 bridgehead atoms. The number of carbonyl (C=O) groups excluding carboxylic acids is 1.